The summed E-state index contributed by atoms with van der Waals surface area (Å²) in [6.45, 7) is 3.99. The van der Waals surface area contributed by atoms with Crippen LogP contribution in [0.2, 0.25) is 0 Å². The van der Waals surface area contributed by atoms with Crippen LogP contribution >= 0.6 is 0 Å². The monoisotopic (exact) mass is 372 g/mol. The Bertz CT molecular complexity index is 855. The predicted molar refractivity (Wildman–Crippen MR) is 107 cm³/mol. The first-order valence-corrected chi connectivity index (χ1v) is 9.94. The highest BCUT2D eigenvalue weighted by Crippen LogP contribution is 2.38. The zero-order chi connectivity index (χ0) is 19.4. The Hall–Kier alpha value is -2.03. The zero-order valence-electron chi connectivity index (χ0n) is 16.1. The molecule has 0 aliphatic heterocycles. The number of halogens is 3. The van der Waals surface area contributed by atoms with Crippen molar-refractivity contribution in [3.63, 3.8) is 0 Å². The van der Waals surface area contributed by atoms with E-state index in [-0.39, 0.29) is 17.3 Å². The number of aryl methyl sites for hydroxylation is 1. The minimum atomic E-state index is -0.801. The van der Waals surface area contributed by atoms with Crippen LogP contribution in [0.4, 0.5) is 13.2 Å². The fourth-order valence-electron chi connectivity index (χ4n) is 4.09. The molecule has 27 heavy (non-hydrogen) atoms. The van der Waals surface area contributed by atoms with Gasteiger partial charge in [0.15, 0.2) is 5.83 Å². The van der Waals surface area contributed by atoms with Crippen molar-refractivity contribution in [2.24, 2.45) is 11.8 Å². The summed E-state index contributed by atoms with van der Waals surface area (Å²) in [5.74, 6) is -1.59. The van der Waals surface area contributed by atoms with E-state index in [4.69, 9.17) is 0 Å². The zero-order valence-corrected chi connectivity index (χ0v) is 16.1. The third kappa shape index (κ3) is 4.28. The van der Waals surface area contributed by atoms with E-state index >= 15 is 0 Å². The van der Waals surface area contributed by atoms with Crippen LogP contribution < -0.4 is 0 Å². The quantitative estimate of drug-likeness (QED) is 0.468. The Morgan fingerprint density at radius 3 is 2.48 bits per heavy atom. The third-order valence-corrected chi connectivity index (χ3v) is 5.61. The van der Waals surface area contributed by atoms with Crippen molar-refractivity contribution >= 4 is 16.6 Å². The Morgan fingerprint density at radius 1 is 1.07 bits per heavy atom. The fourth-order valence-corrected chi connectivity index (χ4v) is 4.09. The lowest BCUT2D eigenvalue weighted by Crippen LogP contribution is -2.14. The second kappa shape index (κ2) is 8.77. The lowest BCUT2D eigenvalue weighted by Gasteiger charge is -2.25. The van der Waals surface area contributed by atoms with E-state index in [9.17, 15) is 13.2 Å². The van der Waals surface area contributed by atoms with Crippen molar-refractivity contribution in [3.05, 3.63) is 65.3 Å². The number of allylic oxidation sites excluding steroid dienone is 3. The van der Waals surface area contributed by atoms with Crippen molar-refractivity contribution in [1.29, 1.82) is 0 Å². The van der Waals surface area contributed by atoms with E-state index in [1.807, 2.05) is 19.9 Å². The first kappa shape index (κ1) is 19.7. The molecule has 2 aromatic carbocycles. The van der Waals surface area contributed by atoms with Gasteiger partial charge < -0.3 is 0 Å². The summed E-state index contributed by atoms with van der Waals surface area (Å²) in [7, 11) is 0. The molecule has 0 radical (unpaired) electrons. The molecule has 0 aromatic heterocycles. The maximum atomic E-state index is 14.8. The fraction of sp³-hybridized carbons (Fsp3) is 0.417. The molecule has 1 aliphatic rings. The average Bonchev–Trinajstić information content (AvgIpc) is 2.70. The van der Waals surface area contributed by atoms with Crippen LogP contribution in [0.5, 0.6) is 0 Å². The van der Waals surface area contributed by atoms with Crippen LogP contribution in [0.3, 0.4) is 0 Å². The minimum absolute atomic E-state index is 0.193. The first-order valence-electron chi connectivity index (χ1n) is 9.94. The van der Waals surface area contributed by atoms with Crippen molar-refractivity contribution in [1.82, 2.24) is 0 Å². The smallest absolute Gasteiger partial charge is 0.162 e. The molecule has 0 spiro atoms. The van der Waals surface area contributed by atoms with Gasteiger partial charge in [-0.3, -0.25) is 0 Å². The summed E-state index contributed by atoms with van der Waals surface area (Å²) in [5.41, 5.74) is 0.857. The van der Waals surface area contributed by atoms with Gasteiger partial charge in [-0.15, -0.1) is 0 Å². The SMILES string of the molecule is C/C=C/C1CCC(C(F)=C(F)c2ccc3c(F)c(CCC)ccc3c2)CC1. The maximum absolute atomic E-state index is 14.8. The lowest BCUT2D eigenvalue weighted by atomic mass is 9.81. The van der Waals surface area contributed by atoms with Crippen LogP contribution in [-0.4, -0.2) is 0 Å². The minimum Gasteiger partial charge on any atom is -0.208 e. The Balaban J connectivity index is 1.85. The molecule has 3 heteroatoms. The topological polar surface area (TPSA) is 0 Å². The van der Waals surface area contributed by atoms with Gasteiger partial charge in [0.1, 0.15) is 11.6 Å². The van der Waals surface area contributed by atoms with E-state index in [2.05, 4.69) is 6.08 Å². The van der Waals surface area contributed by atoms with Gasteiger partial charge in [-0.2, -0.15) is 0 Å². The molecular formula is C24H27F3. The molecule has 0 atom stereocenters. The van der Waals surface area contributed by atoms with Crippen LogP contribution in [-0.2, 0) is 6.42 Å². The Kier molecular flexibility index (Phi) is 6.41. The van der Waals surface area contributed by atoms with E-state index in [1.165, 1.54) is 6.07 Å². The van der Waals surface area contributed by atoms with E-state index in [0.717, 1.165) is 19.3 Å². The average molecular weight is 372 g/mol. The molecule has 1 saturated carbocycles. The summed E-state index contributed by atoms with van der Waals surface area (Å²) in [6.07, 6.45) is 8.81. The molecule has 1 fully saturated rings. The largest absolute Gasteiger partial charge is 0.208 e. The Labute approximate surface area is 159 Å². The summed E-state index contributed by atoms with van der Waals surface area (Å²) >= 11 is 0. The molecular weight excluding hydrogens is 345 g/mol. The molecule has 0 amide bonds. The summed E-state index contributed by atoms with van der Waals surface area (Å²) in [5, 5.41) is 1.06. The van der Waals surface area contributed by atoms with Gasteiger partial charge in [0.25, 0.3) is 0 Å². The van der Waals surface area contributed by atoms with Crippen LogP contribution in [0.15, 0.2) is 48.3 Å². The second-order valence-corrected chi connectivity index (χ2v) is 7.52. The van der Waals surface area contributed by atoms with Crippen molar-refractivity contribution in [3.8, 4) is 0 Å². The molecule has 0 N–H and O–H groups in total. The van der Waals surface area contributed by atoms with E-state index in [0.29, 0.717) is 41.5 Å². The number of hydrogen-bond donors (Lipinski definition) is 0. The summed E-state index contributed by atoms with van der Waals surface area (Å²) < 4.78 is 44.1. The molecule has 2 aromatic rings. The highest BCUT2D eigenvalue weighted by atomic mass is 19.2. The number of benzene rings is 2. The standard InChI is InChI=1S/C24H27F3/c1-3-5-16-7-9-18(10-8-16)23(26)24(27)20-13-14-21-19(15-20)12-11-17(6-4-2)22(21)25/h3,5,11-16,18H,4,6-10H2,1-2H3/b5-3+,24-23?. The summed E-state index contributed by atoms with van der Waals surface area (Å²) in [6, 6.07) is 8.14. The molecule has 0 saturated heterocycles. The number of hydrogen-bond acceptors (Lipinski definition) is 0. The van der Waals surface area contributed by atoms with Gasteiger partial charge in [-0.1, -0.05) is 49.8 Å². The van der Waals surface area contributed by atoms with Crippen molar-refractivity contribution < 1.29 is 13.2 Å². The van der Waals surface area contributed by atoms with E-state index < -0.39 is 11.7 Å². The molecule has 3 rings (SSSR count). The molecule has 0 unspecified atom stereocenters. The number of rotatable bonds is 5. The van der Waals surface area contributed by atoms with Gasteiger partial charge in [0.05, 0.1) is 0 Å². The predicted octanol–water partition coefficient (Wildman–Crippen LogP) is 7.92. The van der Waals surface area contributed by atoms with Crippen LogP contribution in [0, 0.1) is 17.7 Å². The van der Waals surface area contributed by atoms with Gasteiger partial charge in [-0.25, -0.2) is 13.2 Å². The van der Waals surface area contributed by atoms with Crippen LogP contribution in [0.1, 0.15) is 57.1 Å². The normalized spacial score (nSPS) is 21.7. The van der Waals surface area contributed by atoms with Crippen LogP contribution in [0.25, 0.3) is 16.6 Å². The molecule has 144 valence electrons. The molecule has 1 aliphatic carbocycles. The van der Waals surface area contributed by atoms with Gasteiger partial charge in [0.2, 0.25) is 0 Å². The summed E-state index contributed by atoms with van der Waals surface area (Å²) in [4.78, 5) is 0. The van der Waals surface area contributed by atoms with Gasteiger partial charge in [-0.05, 0) is 62.0 Å². The maximum Gasteiger partial charge on any atom is 0.162 e. The van der Waals surface area contributed by atoms with Gasteiger partial charge in [0, 0.05) is 16.9 Å². The second-order valence-electron chi connectivity index (χ2n) is 7.52. The molecule has 0 nitrogen and oxygen atoms in total. The number of fused-ring (bicyclic) bond motifs is 1. The van der Waals surface area contributed by atoms with E-state index in [1.54, 1.807) is 24.3 Å². The van der Waals surface area contributed by atoms with Gasteiger partial charge >= 0.3 is 0 Å². The lowest BCUT2D eigenvalue weighted by molar-refractivity contribution is 0.304. The third-order valence-electron chi connectivity index (χ3n) is 5.61. The van der Waals surface area contributed by atoms with Crippen molar-refractivity contribution in [2.45, 2.75) is 52.4 Å². The Morgan fingerprint density at radius 2 is 1.81 bits per heavy atom. The van der Waals surface area contributed by atoms with Crippen molar-refractivity contribution in [2.75, 3.05) is 0 Å². The highest BCUT2D eigenvalue weighted by Gasteiger charge is 2.26. The highest BCUT2D eigenvalue weighted by molar-refractivity contribution is 5.87. The first-order chi connectivity index (χ1) is 13.0. The molecule has 0 heterocycles. The molecule has 0 bridgehead atoms.